The van der Waals surface area contributed by atoms with Crippen molar-refractivity contribution in [1.29, 1.82) is 5.26 Å². The maximum atomic E-state index is 9.43. The zero-order valence-electron chi connectivity index (χ0n) is 12.1. The zero-order chi connectivity index (χ0) is 16.1. The Bertz CT molecular complexity index is 746. The van der Waals surface area contributed by atoms with Crippen molar-refractivity contribution in [1.82, 2.24) is 0 Å². The van der Waals surface area contributed by atoms with Gasteiger partial charge in [-0.1, -0.05) is 44.0 Å². The fourth-order valence-corrected chi connectivity index (χ4v) is 2.65. The predicted molar refractivity (Wildman–Crippen MR) is 94.9 cm³/mol. The first-order chi connectivity index (χ1) is 10.6. The van der Waals surface area contributed by atoms with Gasteiger partial charge < -0.3 is 9.47 Å². The molecule has 0 aliphatic rings. The smallest absolute Gasteiger partial charge is 0.161 e. The van der Waals surface area contributed by atoms with Crippen LogP contribution in [0.3, 0.4) is 0 Å². The van der Waals surface area contributed by atoms with Gasteiger partial charge in [-0.15, -0.1) is 0 Å². The average molecular weight is 423 g/mol. The van der Waals surface area contributed by atoms with Gasteiger partial charge >= 0.3 is 0 Å². The molecule has 0 fully saturated rings. The maximum Gasteiger partial charge on any atom is 0.161 e. The van der Waals surface area contributed by atoms with Crippen molar-refractivity contribution in [3.05, 3.63) is 56.5 Å². The minimum absolute atomic E-state index is 0.570. The second-order valence-corrected chi connectivity index (χ2v) is 6.18. The Morgan fingerprint density at radius 3 is 2.18 bits per heavy atom. The lowest BCUT2D eigenvalue weighted by molar-refractivity contribution is 0.354. The third-order valence-corrected chi connectivity index (χ3v) is 4.29. The molecular formula is C17H13Br2NO2. The number of halogens is 2. The Labute approximate surface area is 146 Å². The van der Waals surface area contributed by atoms with Crippen molar-refractivity contribution < 1.29 is 9.47 Å². The van der Waals surface area contributed by atoms with E-state index in [1.165, 1.54) is 0 Å². The van der Waals surface area contributed by atoms with Crippen LogP contribution >= 0.6 is 31.9 Å². The van der Waals surface area contributed by atoms with E-state index < -0.39 is 0 Å². The monoisotopic (exact) mass is 421 g/mol. The molecule has 0 aliphatic carbocycles. The van der Waals surface area contributed by atoms with Gasteiger partial charge in [-0.05, 0) is 41.5 Å². The Balaban J connectivity index is 2.50. The molecule has 0 aromatic heterocycles. The fraction of sp³-hybridized carbons (Fsp3) is 0.118. The number of nitriles is 1. The molecule has 0 amide bonds. The summed E-state index contributed by atoms with van der Waals surface area (Å²) in [7, 11) is 3.17. The SMILES string of the molecule is COc1cc(Br)c(C=C(C#N)c2ccc(Br)cc2)cc1OC. The average Bonchev–Trinajstić information content (AvgIpc) is 2.54. The fourth-order valence-electron chi connectivity index (χ4n) is 1.95. The van der Waals surface area contributed by atoms with E-state index in [0.717, 1.165) is 20.1 Å². The molecule has 2 aromatic rings. The van der Waals surface area contributed by atoms with Crippen LogP contribution in [0.5, 0.6) is 11.5 Å². The van der Waals surface area contributed by atoms with E-state index in [9.17, 15) is 5.26 Å². The first kappa shape index (κ1) is 16.6. The van der Waals surface area contributed by atoms with Gasteiger partial charge in [0.25, 0.3) is 0 Å². The topological polar surface area (TPSA) is 42.2 Å². The molecule has 0 heterocycles. The summed E-state index contributed by atoms with van der Waals surface area (Å²) < 4.78 is 12.4. The summed E-state index contributed by atoms with van der Waals surface area (Å²) in [6.07, 6.45) is 1.81. The summed E-state index contributed by atoms with van der Waals surface area (Å²) in [4.78, 5) is 0. The van der Waals surface area contributed by atoms with E-state index in [1.807, 2.05) is 42.5 Å². The van der Waals surface area contributed by atoms with Crippen molar-refractivity contribution >= 4 is 43.5 Å². The molecule has 2 rings (SSSR count). The minimum atomic E-state index is 0.570. The van der Waals surface area contributed by atoms with Crippen LogP contribution in [0.2, 0.25) is 0 Å². The molecule has 0 unspecified atom stereocenters. The Hall–Kier alpha value is -1.77. The molecule has 22 heavy (non-hydrogen) atoms. The van der Waals surface area contributed by atoms with Gasteiger partial charge in [0.05, 0.1) is 25.9 Å². The van der Waals surface area contributed by atoms with Gasteiger partial charge in [-0.2, -0.15) is 5.26 Å². The largest absolute Gasteiger partial charge is 0.493 e. The van der Waals surface area contributed by atoms with E-state index in [4.69, 9.17) is 9.47 Å². The highest BCUT2D eigenvalue weighted by atomic mass is 79.9. The molecule has 0 saturated carbocycles. The van der Waals surface area contributed by atoms with Crippen molar-refractivity contribution in [2.45, 2.75) is 0 Å². The molecule has 0 saturated heterocycles. The molecule has 2 aromatic carbocycles. The minimum Gasteiger partial charge on any atom is -0.493 e. The summed E-state index contributed by atoms with van der Waals surface area (Å²) in [6.45, 7) is 0. The Kier molecular flexibility index (Phi) is 5.64. The van der Waals surface area contributed by atoms with Crippen LogP contribution in [-0.4, -0.2) is 14.2 Å². The molecule has 5 heteroatoms. The first-order valence-corrected chi connectivity index (χ1v) is 7.97. The maximum absolute atomic E-state index is 9.43. The number of hydrogen-bond donors (Lipinski definition) is 0. The van der Waals surface area contributed by atoms with Crippen LogP contribution in [0.1, 0.15) is 11.1 Å². The molecule has 0 radical (unpaired) electrons. The second kappa shape index (κ2) is 7.48. The molecular weight excluding hydrogens is 410 g/mol. The van der Waals surface area contributed by atoms with E-state index in [2.05, 4.69) is 37.9 Å². The second-order valence-electron chi connectivity index (χ2n) is 4.41. The Morgan fingerprint density at radius 1 is 1.05 bits per heavy atom. The number of rotatable bonds is 4. The molecule has 0 N–H and O–H groups in total. The lowest BCUT2D eigenvalue weighted by atomic mass is 10.0. The summed E-state index contributed by atoms with van der Waals surface area (Å²) in [5.41, 5.74) is 2.27. The molecule has 0 spiro atoms. The van der Waals surface area contributed by atoms with Crippen LogP contribution in [0.4, 0.5) is 0 Å². The van der Waals surface area contributed by atoms with Crippen LogP contribution in [0, 0.1) is 11.3 Å². The summed E-state index contributed by atoms with van der Waals surface area (Å²) in [5.74, 6) is 1.25. The quantitative estimate of drug-likeness (QED) is 0.496. The lowest BCUT2D eigenvalue weighted by Gasteiger charge is -2.10. The normalized spacial score (nSPS) is 11.0. The highest BCUT2D eigenvalue weighted by molar-refractivity contribution is 9.10. The first-order valence-electron chi connectivity index (χ1n) is 6.38. The van der Waals surface area contributed by atoms with Gasteiger partial charge in [0.2, 0.25) is 0 Å². The van der Waals surface area contributed by atoms with E-state index in [1.54, 1.807) is 14.2 Å². The predicted octanol–water partition coefficient (Wildman–Crippen LogP) is 5.29. The number of hydrogen-bond acceptors (Lipinski definition) is 3. The molecule has 0 bridgehead atoms. The molecule has 0 aliphatic heterocycles. The molecule has 3 nitrogen and oxygen atoms in total. The van der Waals surface area contributed by atoms with Gasteiger partial charge in [-0.3, -0.25) is 0 Å². The van der Waals surface area contributed by atoms with Gasteiger partial charge in [0.1, 0.15) is 0 Å². The van der Waals surface area contributed by atoms with Gasteiger partial charge in [0.15, 0.2) is 11.5 Å². The van der Waals surface area contributed by atoms with Crippen LogP contribution in [-0.2, 0) is 0 Å². The van der Waals surface area contributed by atoms with Crippen LogP contribution < -0.4 is 9.47 Å². The van der Waals surface area contributed by atoms with E-state index in [0.29, 0.717) is 17.1 Å². The number of allylic oxidation sites excluding steroid dienone is 1. The summed E-state index contributed by atoms with van der Waals surface area (Å²) in [5, 5.41) is 9.43. The Morgan fingerprint density at radius 2 is 1.64 bits per heavy atom. The number of nitrogens with zero attached hydrogens (tertiary/aromatic N) is 1. The highest BCUT2D eigenvalue weighted by Crippen LogP contribution is 2.35. The van der Waals surface area contributed by atoms with Gasteiger partial charge in [0, 0.05) is 8.95 Å². The third-order valence-electron chi connectivity index (χ3n) is 3.08. The molecule has 0 atom stereocenters. The summed E-state index contributed by atoms with van der Waals surface area (Å²) in [6, 6.07) is 13.5. The van der Waals surface area contributed by atoms with Crippen LogP contribution in [0.25, 0.3) is 11.6 Å². The van der Waals surface area contributed by atoms with Gasteiger partial charge in [-0.25, -0.2) is 0 Å². The highest BCUT2D eigenvalue weighted by Gasteiger charge is 2.10. The van der Waals surface area contributed by atoms with Crippen molar-refractivity contribution in [3.63, 3.8) is 0 Å². The van der Waals surface area contributed by atoms with Crippen molar-refractivity contribution in [2.75, 3.05) is 14.2 Å². The number of benzene rings is 2. The third kappa shape index (κ3) is 3.70. The van der Waals surface area contributed by atoms with Crippen LogP contribution in [0.15, 0.2) is 45.3 Å². The summed E-state index contributed by atoms with van der Waals surface area (Å²) >= 11 is 6.89. The standard InChI is InChI=1S/C17H13Br2NO2/c1-21-16-8-12(15(19)9-17(16)22-2)7-13(10-20)11-3-5-14(18)6-4-11/h3-9H,1-2H3. The van der Waals surface area contributed by atoms with Crippen molar-refractivity contribution in [2.24, 2.45) is 0 Å². The lowest BCUT2D eigenvalue weighted by Crippen LogP contribution is -1.92. The molecule has 112 valence electrons. The number of methoxy groups -OCH3 is 2. The van der Waals surface area contributed by atoms with Crippen molar-refractivity contribution in [3.8, 4) is 17.6 Å². The zero-order valence-corrected chi connectivity index (χ0v) is 15.2. The number of ether oxygens (including phenoxy) is 2. The van der Waals surface area contributed by atoms with E-state index in [-0.39, 0.29) is 0 Å². The van der Waals surface area contributed by atoms with E-state index >= 15 is 0 Å².